The smallest absolute Gasteiger partial charge is 0.310 e. The van der Waals surface area contributed by atoms with E-state index in [-0.39, 0.29) is 13.0 Å². The maximum atomic E-state index is 12.2. The Morgan fingerprint density at radius 1 is 0.906 bits per heavy atom. The number of ether oxygens (including phenoxy) is 4. The van der Waals surface area contributed by atoms with Crippen molar-refractivity contribution in [1.29, 1.82) is 0 Å². The molecule has 1 N–H and O–H groups in total. The second-order valence-electron chi connectivity index (χ2n) is 7.51. The van der Waals surface area contributed by atoms with Crippen LogP contribution in [-0.4, -0.2) is 52.9 Å². The monoisotopic (exact) mass is 442 g/mol. The number of benzene rings is 2. The summed E-state index contributed by atoms with van der Waals surface area (Å²) in [5.74, 6) is 0.405. The number of hydrogen-bond acceptors (Lipinski definition) is 7. The van der Waals surface area contributed by atoms with Crippen molar-refractivity contribution in [2.75, 3.05) is 51.2 Å². The third-order valence-electron chi connectivity index (χ3n) is 5.31. The zero-order chi connectivity index (χ0) is 22.9. The fourth-order valence-electron chi connectivity index (χ4n) is 3.71. The van der Waals surface area contributed by atoms with Crippen LogP contribution in [0.5, 0.6) is 17.2 Å². The van der Waals surface area contributed by atoms with Gasteiger partial charge in [-0.2, -0.15) is 0 Å². The van der Waals surface area contributed by atoms with Crippen LogP contribution in [0.15, 0.2) is 36.4 Å². The molecule has 1 fully saturated rings. The minimum absolute atomic E-state index is 0.0332. The number of carbonyl (C=O) groups excluding carboxylic acids is 2. The third-order valence-corrected chi connectivity index (χ3v) is 5.31. The summed E-state index contributed by atoms with van der Waals surface area (Å²) in [6.07, 6.45) is 3.66. The lowest BCUT2D eigenvalue weighted by Crippen LogP contribution is -2.29. The molecule has 0 bridgehead atoms. The Bertz CT molecular complexity index is 898. The van der Waals surface area contributed by atoms with Gasteiger partial charge in [0, 0.05) is 24.5 Å². The number of hydrogen-bond donors (Lipinski definition) is 1. The zero-order valence-electron chi connectivity index (χ0n) is 18.8. The van der Waals surface area contributed by atoms with Crippen molar-refractivity contribution in [3.8, 4) is 17.2 Å². The molecule has 1 aliphatic heterocycles. The van der Waals surface area contributed by atoms with Crippen molar-refractivity contribution in [3.05, 3.63) is 42.0 Å². The lowest BCUT2D eigenvalue weighted by Gasteiger charge is -2.28. The molecule has 0 aromatic heterocycles. The van der Waals surface area contributed by atoms with E-state index < -0.39 is 11.9 Å². The molecule has 0 saturated carbocycles. The van der Waals surface area contributed by atoms with E-state index in [4.69, 9.17) is 18.9 Å². The maximum Gasteiger partial charge on any atom is 0.310 e. The number of piperidine rings is 1. The predicted molar refractivity (Wildman–Crippen MR) is 122 cm³/mol. The highest BCUT2D eigenvalue weighted by Crippen LogP contribution is 2.38. The Morgan fingerprint density at radius 2 is 1.53 bits per heavy atom. The van der Waals surface area contributed by atoms with Crippen molar-refractivity contribution in [3.63, 3.8) is 0 Å². The van der Waals surface area contributed by atoms with Crippen LogP contribution in [0.25, 0.3) is 0 Å². The van der Waals surface area contributed by atoms with Gasteiger partial charge in [0.25, 0.3) is 5.91 Å². The number of nitrogens with one attached hydrogen (secondary N) is 1. The van der Waals surface area contributed by atoms with Crippen LogP contribution in [0.4, 0.5) is 11.4 Å². The molecule has 172 valence electrons. The average molecular weight is 443 g/mol. The summed E-state index contributed by atoms with van der Waals surface area (Å²) in [5.41, 5.74) is 2.44. The summed E-state index contributed by atoms with van der Waals surface area (Å²) >= 11 is 0. The molecule has 8 heteroatoms. The molecular weight excluding hydrogens is 412 g/mol. The topological polar surface area (TPSA) is 86.3 Å². The average Bonchev–Trinajstić information content (AvgIpc) is 2.83. The lowest BCUT2D eigenvalue weighted by atomic mass is 10.1. The first-order valence-electron chi connectivity index (χ1n) is 10.6. The minimum atomic E-state index is -0.533. The van der Waals surface area contributed by atoms with E-state index in [0.717, 1.165) is 18.8 Å². The van der Waals surface area contributed by atoms with Crippen LogP contribution >= 0.6 is 0 Å². The van der Waals surface area contributed by atoms with Gasteiger partial charge in [0.2, 0.25) is 5.75 Å². The summed E-state index contributed by atoms with van der Waals surface area (Å²) in [4.78, 5) is 26.8. The molecular formula is C24H30N2O6. The fourth-order valence-corrected chi connectivity index (χ4v) is 3.71. The molecule has 1 amide bonds. The lowest BCUT2D eigenvalue weighted by molar-refractivity contribution is -0.146. The number of anilines is 2. The molecule has 32 heavy (non-hydrogen) atoms. The van der Waals surface area contributed by atoms with E-state index >= 15 is 0 Å². The molecule has 2 aromatic carbocycles. The van der Waals surface area contributed by atoms with Crippen molar-refractivity contribution in [2.45, 2.75) is 25.7 Å². The first kappa shape index (κ1) is 23.2. The van der Waals surface area contributed by atoms with E-state index in [9.17, 15) is 9.59 Å². The van der Waals surface area contributed by atoms with Crippen LogP contribution in [0.1, 0.15) is 24.8 Å². The number of nitrogens with zero attached hydrogens (tertiary/aromatic N) is 1. The van der Waals surface area contributed by atoms with E-state index in [1.54, 1.807) is 12.1 Å². The molecule has 1 aliphatic rings. The van der Waals surface area contributed by atoms with Gasteiger partial charge in [0.1, 0.15) is 0 Å². The highest BCUT2D eigenvalue weighted by atomic mass is 16.5. The van der Waals surface area contributed by atoms with Crippen molar-refractivity contribution >= 4 is 23.3 Å². The maximum absolute atomic E-state index is 12.2. The van der Waals surface area contributed by atoms with Crippen LogP contribution in [0.2, 0.25) is 0 Å². The first-order chi connectivity index (χ1) is 15.5. The summed E-state index contributed by atoms with van der Waals surface area (Å²) in [6, 6.07) is 11.1. The predicted octanol–water partition coefficient (Wildman–Crippen LogP) is 3.43. The van der Waals surface area contributed by atoms with E-state index in [0.29, 0.717) is 28.5 Å². The Balaban J connectivity index is 1.50. The van der Waals surface area contributed by atoms with Gasteiger partial charge >= 0.3 is 5.97 Å². The molecule has 1 heterocycles. The van der Waals surface area contributed by atoms with E-state index in [1.807, 2.05) is 24.3 Å². The summed E-state index contributed by atoms with van der Waals surface area (Å²) in [6.45, 7) is 1.76. The van der Waals surface area contributed by atoms with E-state index in [1.165, 1.54) is 40.6 Å². The van der Waals surface area contributed by atoms with Crippen molar-refractivity contribution < 1.29 is 28.5 Å². The molecule has 8 nitrogen and oxygen atoms in total. The third kappa shape index (κ3) is 6.06. The minimum Gasteiger partial charge on any atom is -0.493 e. The summed E-state index contributed by atoms with van der Waals surface area (Å²) in [5, 5.41) is 2.75. The molecule has 2 aromatic rings. The van der Waals surface area contributed by atoms with Crippen molar-refractivity contribution in [1.82, 2.24) is 0 Å². The van der Waals surface area contributed by atoms with Crippen LogP contribution in [-0.2, 0) is 20.7 Å². The number of methoxy groups -OCH3 is 3. The zero-order valence-corrected chi connectivity index (χ0v) is 18.8. The van der Waals surface area contributed by atoms with Gasteiger partial charge in [-0.05, 0) is 61.2 Å². The number of carbonyl (C=O) groups is 2. The summed E-state index contributed by atoms with van der Waals surface area (Å²) < 4.78 is 21.0. The van der Waals surface area contributed by atoms with Crippen LogP contribution in [0.3, 0.4) is 0 Å². The van der Waals surface area contributed by atoms with Gasteiger partial charge in [-0.25, -0.2) is 0 Å². The molecule has 0 atom stereocenters. The first-order valence-corrected chi connectivity index (χ1v) is 10.6. The largest absolute Gasteiger partial charge is 0.493 e. The normalized spacial score (nSPS) is 13.3. The Labute approximate surface area is 188 Å². The number of amides is 1. The Kier molecular flexibility index (Phi) is 8.19. The van der Waals surface area contributed by atoms with Gasteiger partial charge in [-0.3, -0.25) is 9.59 Å². The quantitative estimate of drug-likeness (QED) is 0.596. The molecule has 0 radical (unpaired) electrons. The molecule has 0 spiro atoms. The highest BCUT2D eigenvalue weighted by molar-refractivity contribution is 5.93. The van der Waals surface area contributed by atoms with E-state index in [2.05, 4.69) is 10.2 Å². The Morgan fingerprint density at radius 3 is 2.09 bits per heavy atom. The Hall–Kier alpha value is -3.42. The molecule has 1 saturated heterocycles. The van der Waals surface area contributed by atoms with Gasteiger partial charge in [-0.1, -0.05) is 0 Å². The summed E-state index contributed by atoms with van der Waals surface area (Å²) in [7, 11) is 4.51. The molecule has 3 rings (SSSR count). The van der Waals surface area contributed by atoms with Gasteiger partial charge in [0.05, 0.1) is 27.8 Å². The van der Waals surface area contributed by atoms with Gasteiger partial charge in [-0.15, -0.1) is 0 Å². The second-order valence-corrected chi connectivity index (χ2v) is 7.51. The number of rotatable bonds is 9. The standard InChI is InChI=1S/C24H30N2O6/c1-29-20-13-17(14-21(30-2)24(20)31-3)15-23(28)32-16-22(27)25-18-7-9-19(10-8-18)26-11-5-4-6-12-26/h7-10,13-14H,4-6,11-12,15-16H2,1-3H3,(H,25,27). The highest BCUT2D eigenvalue weighted by Gasteiger charge is 2.16. The van der Waals surface area contributed by atoms with Gasteiger partial charge in [0.15, 0.2) is 18.1 Å². The van der Waals surface area contributed by atoms with Crippen LogP contribution < -0.4 is 24.4 Å². The SMILES string of the molecule is COc1cc(CC(=O)OCC(=O)Nc2ccc(N3CCCCC3)cc2)cc(OC)c1OC. The fraction of sp³-hybridized carbons (Fsp3) is 0.417. The van der Waals surface area contributed by atoms with Crippen LogP contribution in [0, 0.1) is 0 Å². The number of esters is 1. The van der Waals surface area contributed by atoms with Gasteiger partial charge < -0.3 is 29.2 Å². The molecule has 0 unspecified atom stereocenters. The molecule has 0 aliphatic carbocycles. The second kappa shape index (κ2) is 11.3. The van der Waals surface area contributed by atoms with Crippen molar-refractivity contribution in [2.24, 2.45) is 0 Å².